The number of hydrogen-bond donors (Lipinski definition) is 0. The molecule has 0 radical (unpaired) electrons. The lowest BCUT2D eigenvalue weighted by Crippen LogP contribution is -2.42. The highest BCUT2D eigenvalue weighted by atomic mass is 19.1. The molecule has 0 aliphatic carbocycles. The third-order valence-electron chi connectivity index (χ3n) is 2.91. The Morgan fingerprint density at radius 1 is 1.47 bits per heavy atom. The van der Waals surface area contributed by atoms with E-state index in [1.165, 1.54) is 0 Å². The average Bonchev–Trinajstić information content (AvgIpc) is 2.44. The quantitative estimate of drug-likeness (QED) is 0.720. The van der Waals surface area contributed by atoms with Crippen LogP contribution in [0.15, 0.2) is 0 Å². The van der Waals surface area contributed by atoms with Gasteiger partial charge in [0.2, 0.25) is 0 Å². The van der Waals surface area contributed by atoms with Crippen LogP contribution in [0.2, 0.25) is 0 Å². The van der Waals surface area contributed by atoms with E-state index in [2.05, 4.69) is 6.92 Å². The molecule has 0 N–H and O–H groups in total. The van der Waals surface area contributed by atoms with E-state index in [1.807, 2.05) is 25.7 Å². The Morgan fingerprint density at radius 2 is 2.07 bits per heavy atom. The number of ketones is 1. The lowest BCUT2D eigenvalue weighted by Gasteiger charge is -2.28. The Morgan fingerprint density at radius 3 is 2.53 bits per heavy atom. The second-order valence-corrected chi connectivity index (χ2v) is 5.46. The van der Waals surface area contributed by atoms with E-state index < -0.39 is 6.17 Å². The first kappa shape index (κ1) is 12.6. The van der Waals surface area contributed by atoms with Gasteiger partial charge in [-0.2, -0.15) is 0 Å². The number of alkyl halides is 1. The molecule has 0 amide bonds. The molecule has 0 spiro atoms. The molecule has 1 aliphatic rings. The van der Waals surface area contributed by atoms with Gasteiger partial charge in [-0.25, -0.2) is 4.39 Å². The molecular formula is C12H22FNO. The average molecular weight is 215 g/mol. The van der Waals surface area contributed by atoms with Gasteiger partial charge in [-0.05, 0) is 13.0 Å². The van der Waals surface area contributed by atoms with Crippen molar-refractivity contribution in [2.45, 2.75) is 52.8 Å². The topological polar surface area (TPSA) is 20.3 Å². The minimum Gasteiger partial charge on any atom is -0.297 e. The molecule has 2 nitrogen and oxygen atoms in total. The molecule has 1 fully saturated rings. The zero-order chi connectivity index (χ0) is 11.6. The largest absolute Gasteiger partial charge is 0.297 e. The molecule has 1 rings (SSSR count). The molecule has 88 valence electrons. The van der Waals surface area contributed by atoms with Crippen LogP contribution in [0.1, 0.15) is 40.5 Å². The first-order valence-electron chi connectivity index (χ1n) is 5.78. The Labute approximate surface area is 91.8 Å². The van der Waals surface area contributed by atoms with Gasteiger partial charge in [0.1, 0.15) is 6.17 Å². The summed E-state index contributed by atoms with van der Waals surface area (Å²) in [5.74, 6) is 0.177. The van der Waals surface area contributed by atoms with Gasteiger partial charge in [0, 0.05) is 18.4 Å². The maximum atomic E-state index is 13.3. The molecule has 15 heavy (non-hydrogen) atoms. The van der Waals surface area contributed by atoms with Crippen LogP contribution in [0.4, 0.5) is 4.39 Å². The van der Waals surface area contributed by atoms with Crippen molar-refractivity contribution >= 4 is 5.78 Å². The van der Waals surface area contributed by atoms with Crippen LogP contribution in [0.25, 0.3) is 0 Å². The number of rotatable bonds is 3. The fraction of sp³-hybridized carbons (Fsp3) is 0.917. The van der Waals surface area contributed by atoms with Crippen molar-refractivity contribution in [1.29, 1.82) is 0 Å². The predicted molar refractivity (Wildman–Crippen MR) is 59.6 cm³/mol. The van der Waals surface area contributed by atoms with Crippen LogP contribution in [-0.2, 0) is 4.79 Å². The van der Waals surface area contributed by atoms with E-state index in [4.69, 9.17) is 0 Å². The van der Waals surface area contributed by atoms with Gasteiger partial charge in [-0.15, -0.1) is 0 Å². The van der Waals surface area contributed by atoms with Crippen LogP contribution >= 0.6 is 0 Å². The van der Waals surface area contributed by atoms with Crippen molar-refractivity contribution in [3.63, 3.8) is 0 Å². The van der Waals surface area contributed by atoms with Gasteiger partial charge >= 0.3 is 0 Å². The Bertz CT molecular complexity index is 234. The lowest BCUT2D eigenvalue weighted by atomic mass is 9.85. The van der Waals surface area contributed by atoms with Crippen molar-refractivity contribution < 1.29 is 9.18 Å². The van der Waals surface area contributed by atoms with Gasteiger partial charge in [-0.1, -0.05) is 27.7 Å². The van der Waals surface area contributed by atoms with Crippen molar-refractivity contribution in [2.75, 3.05) is 13.1 Å². The summed E-state index contributed by atoms with van der Waals surface area (Å²) in [4.78, 5) is 14.1. The van der Waals surface area contributed by atoms with Crippen LogP contribution in [0.3, 0.4) is 0 Å². The first-order chi connectivity index (χ1) is 6.86. The van der Waals surface area contributed by atoms with Crippen LogP contribution < -0.4 is 0 Å². The van der Waals surface area contributed by atoms with E-state index in [9.17, 15) is 9.18 Å². The third-order valence-corrected chi connectivity index (χ3v) is 2.91. The van der Waals surface area contributed by atoms with E-state index >= 15 is 0 Å². The Balaban J connectivity index is 2.71. The zero-order valence-corrected chi connectivity index (χ0v) is 10.2. The van der Waals surface area contributed by atoms with Crippen molar-refractivity contribution in [3.05, 3.63) is 0 Å². The van der Waals surface area contributed by atoms with Crippen LogP contribution in [0.5, 0.6) is 0 Å². The van der Waals surface area contributed by atoms with E-state index in [-0.39, 0.29) is 17.2 Å². The molecule has 0 bridgehead atoms. The van der Waals surface area contributed by atoms with Gasteiger partial charge in [0.25, 0.3) is 0 Å². The lowest BCUT2D eigenvalue weighted by molar-refractivity contribution is -0.130. The molecular weight excluding hydrogens is 193 g/mol. The van der Waals surface area contributed by atoms with Crippen molar-refractivity contribution in [3.8, 4) is 0 Å². The summed E-state index contributed by atoms with van der Waals surface area (Å²) in [6.45, 7) is 9.04. The molecule has 1 aliphatic heterocycles. The minimum absolute atomic E-state index is 0.177. The Kier molecular flexibility index (Phi) is 3.87. The van der Waals surface area contributed by atoms with Crippen LogP contribution in [-0.4, -0.2) is 36.0 Å². The number of carbonyl (C=O) groups is 1. The zero-order valence-electron chi connectivity index (χ0n) is 10.2. The maximum Gasteiger partial charge on any atom is 0.155 e. The van der Waals surface area contributed by atoms with E-state index in [0.717, 1.165) is 13.0 Å². The summed E-state index contributed by atoms with van der Waals surface area (Å²) in [7, 11) is 0. The molecule has 2 atom stereocenters. The number of Topliss-reactive ketones (excluding diaryl/α,β-unsaturated/α-hetero) is 1. The fourth-order valence-electron chi connectivity index (χ4n) is 2.15. The second-order valence-electron chi connectivity index (χ2n) is 5.46. The molecule has 3 heteroatoms. The maximum absolute atomic E-state index is 13.3. The van der Waals surface area contributed by atoms with Crippen molar-refractivity contribution in [1.82, 2.24) is 4.90 Å². The highest BCUT2D eigenvalue weighted by molar-refractivity contribution is 5.89. The summed E-state index contributed by atoms with van der Waals surface area (Å²) in [5.41, 5.74) is -0.360. The minimum atomic E-state index is -0.826. The number of carbonyl (C=O) groups excluding carboxylic acids is 1. The number of nitrogens with zero attached hydrogens (tertiary/aromatic N) is 1. The van der Waals surface area contributed by atoms with Gasteiger partial charge in [0.05, 0.1) is 6.04 Å². The van der Waals surface area contributed by atoms with Gasteiger partial charge in [0.15, 0.2) is 5.78 Å². The number of likely N-dealkylation sites (tertiary alicyclic amines) is 1. The third kappa shape index (κ3) is 3.00. The summed E-state index contributed by atoms with van der Waals surface area (Å²) in [6, 6.07) is -0.194. The molecule has 1 heterocycles. The first-order valence-corrected chi connectivity index (χ1v) is 5.78. The standard InChI is InChI=1S/C12H22FNO/c1-5-6-14-8-9(13)7-10(14)11(15)12(2,3)4/h9-10H,5-8H2,1-4H3/t9?,10-/m0/s1. The molecule has 0 aromatic heterocycles. The summed E-state index contributed by atoms with van der Waals surface area (Å²) in [6.07, 6.45) is 0.532. The molecule has 0 aromatic rings. The number of halogens is 1. The SMILES string of the molecule is CCCN1CC(F)C[C@H]1C(=O)C(C)(C)C. The fourth-order valence-corrected chi connectivity index (χ4v) is 2.15. The van der Waals surface area contributed by atoms with E-state index in [1.54, 1.807) is 0 Å². The van der Waals surface area contributed by atoms with Crippen LogP contribution in [0, 0.1) is 5.41 Å². The smallest absolute Gasteiger partial charge is 0.155 e. The summed E-state index contributed by atoms with van der Waals surface area (Å²) >= 11 is 0. The Hall–Kier alpha value is -0.440. The van der Waals surface area contributed by atoms with Gasteiger partial charge in [-0.3, -0.25) is 9.69 Å². The second kappa shape index (κ2) is 4.60. The normalized spacial score (nSPS) is 28.3. The predicted octanol–water partition coefficient (Wildman–Crippen LogP) is 2.42. The van der Waals surface area contributed by atoms with Crippen molar-refractivity contribution in [2.24, 2.45) is 5.41 Å². The summed E-state index contributed by atoms with van der Waals surface area (Å²) < 4.78 is 13.3. The van der Waals surface area contributed by atoms with E-state index in [0.29, 0.717) is 13.0 Å². The molecule has 1 saturated heterocycles. The molecule has 0 aromatic carbocycles. The monoisotopic (exact) mass is 215 g/mol. The number of hydrogen-bond acceptors (Lipinski definition) is 2. The summed E-state index contributed by atoms with van der Waals surface area (Å²) in [5, 5.41) is 0. The highest BCUT2D eigenvalue weighted by Gasteiger charge is 2.40. The molecule has 0 saturated carbocycles. The highest BCUT2D eigenvalue weighted by Crippen LogP contribution is 2.28. The van der Waals surface area contributed by atoms with Gasteiger partial charge < -0.3 is 0 Å². The molecule has 1 unspecified atom stereocenters.